The summed E-state index contributed by atoms with van der Waals surface area (Å²) >= 11 is 0. The Balaban J connectivity index is 2.66. The van der Waals surface area contributed by atoms with Crippen LogP contribution < -0.4 is 10.6 Å². The molecule has 1 aromatic rings. The number of benzene rings is 1. The average Bonchev–Trinajstić information content (AvgIpc) is 2.61. The summed E-state index contributed by atoms with van der Waals surface area (Å²) in [5.74, 6) is -1.75. The van der Waals surface area contributed by atoms with Crippen LogP contribution in [0.3, 0.4) is 0 Å². The molecule has 0 aliphatic carbocycles. The highest BCUT2D eigenvalue weighted by atomic mass is 19.3. The van der Waals surface area contributed by atoms with Gasteiger partial charge in [0.15, 0.2) is 6.04 Å². The fraction of sp³-hybridized carbons (Fsp3) is 0.526. The molecule has 0 aromatic heterocycles. The zero-order chi connectivity index (χ0) is 22.0. The summed E-state index contributed by atoms with van der Waals surface area (Å²) in [6.07, 6.45) is -0.841. The number of nitrogens with one attached hydrogen (secondary N) is 2. The second-order valence-corrected chi connectivity index (χ2v) is 7.12. The van der Waals surface area contributed by atoms with Crippen LogP contribution in [0, 0.1) is 0 Å². The standard InChI is InChI=1S/C19H26F2N2O6/c1-12(22-18(26)29-19(2,3)4)15(24)23-14(11-28-17(20)21)16(25)27-10-13-8-6-5-7-9-13/h5-9,12,14,17H,10-11H2,1-4H3,(H,22,26)(H,23,24)/t12?,14-/m0/s1. The van der Waals surface area contributed by atoms with Crippen LogP contribution in [0.1, 0.15) is 33.3 Å². The number of hydrogen-bond donors (Lipinski definition) is 2. The Hall–Kier alpha value is -2.75. The van der Waals surface area contributed by atoms with Crippen LogP contribution >= 0.6 is 0 Å². The van der Waals surface area contributed by atoms with Crippen molar-refractivity contribution in [3.63, 3.8) is 0 Å². The minimum Gasteiger partial charge on any atom is -0.459 e. The van der Waals surface area contributed by atoms with Crippen molar-refractivity contribution in [1.82, 2.24) is 10.6 Å². The van der Waals surface area contributed by atoms with Gasteiger partial charge < -0.3 is 24.8 Å². The van der Waals surface area contributed by atoms with Crippen molar-refractivity contribution in [2.75, 3.05) is 6.61 Å². The van der Waals surface area contributed by atoms with Gasteiger partial charge in [-0.05, 0) is 33.3 Å². The number of alkyl halides is 2. The number of halogens is 2. The van der Waals surface area contributed by atoms with Gasteiger partial charge in [-0.1, -0.05) is 30.3 Å². The van der Waals surface area contributed by atoms with Crippen molar-refractivity contribution in [2.45, 2.75) is 58.6 Å². The molecule has 8 nitrogen and oxygen atoms in total. The number of ether oxygens (including phenoxy) is 3. The Bertz CT molecular complexity index is 679. The topological polar surface area (TPSA) is 103 Å². The minimum atomic E-state index is -3.13. The third-order valence-electron chi connectivity index (χ3n) is 3.34. The summed E-state index contributed by atoms with van der Waals surface area (Å²) in [4.78, 5) is 36.2. The molecule has 29 heavy (non-hydrogen) atoms. The molecule has 2 amide bonds. The number of carbonyl (C=O) groups excluding carboxylic acids is 3. The number of hydrogen-bond acceptors (Lipinski definition) is 6. The normalized spacial score (nSPS) is 13.3. The summed E-state index contributed by atoms with van der Waals surface area (Å²) in [5, 5.41) is 4.52. The van der Waals surface area contributed by atoms with Crippen LogP contribution in [0.5, 0.6) is 0 Å². The quantitative estimate of drug-likeness (QED) is 0.599. The van der Waals surface area contributed by atoms with Crippen LogP contribution in [0.25, 0.3) is 0 Å². The Labute approximate surface area is 167 Å². The van der Waals surface area contributed by atoms with E-state index < -0.39 is 48.9 Å². The van der Waals surface area contributed by atoms with Crippen molar-refractivity contribution in [3.8, 4) is 0 Å². The maximum Gasteiger partial charge on any atom is 0.408 e. The maximum absolute atomic E-state index is 12.4. The van der Waals surface area contributed by atoms with E-state index in [4.69, 9.17) is 9.47 Å². The second kappa shape index (κ2) is 11.3. The van der Waals surface area contributed by atoms with Crippen molar-refractivity contribution in [3.05, 3.63) is 35.9 Å². The first-order valence-corrected chi connectivity index (χ1v) is 8.88. The number of rotatable bonds is 9. The van der Waals surface area contributed by atoms with Crippen LogP contribution in [0.15, 0.2) is 30.3 Å². The van der Waals surface area contributed by atoms with E-state index in [-0.39, 0.29) is 6.61 Å². The first kappa shape index (κ1) is 24.3. The molecule has 0 saturated carbocycles. The lowest BCUT2D eigenvalue weighted by Crippen LogP contribution is -2.52. The molecule has 1 aromatic carbocycles. The maximum atomic E-state index is 12.4. The molecule has 0 saturated heterocycles. The molecule has 0 fully saturated rings. The monoisotopic (exact) mass is 416 g/mol. The van der Waals surface area contributed by atoms with Gasteiger partial charge in [-0.15, -0.1) is 0 Å². The lowest BCUT2D eigenvalue weighted by molar-refractivity contribution is -0.161. The van der Waals surface area contributed by atoms with Crippen molar-refractivity contribution < 1.29 is 37.4 Å². The summed E-state index contributed by atoms with van der Waals surface area (Å²) in [6.45, 7) is 2.27. The van der Waals surface area contributed by atoms with Gasteiger partial charge in [0.2, 0.25) is 5.91 Å². The Morgan fingerprint density at radius 1 is 1.07 bits per heavy atom. The zero-order valence-electron chi connectivity index (χ0n) is 16.7. The molecular formula is C19H26F2N2O6. The van der Waals surface area contributed by atoms with E-state index in [1.807, 2.05) is 0 Å². The molecule has 162 valence electrons. The van der Waals surface area contributed by atoms with E-state index in [1.54, 1.807) is 51.1 Å². The van der Waals surface area contributed by atoms with E-state index in [2.05, 4.69) is 15.4 Å². The van der Waals surface area contributed by atoms with E-state index >= 15 is 0 Å². The van der Waals surface area contributed by atoms with E-state index in [9.17, 15) is 23.2 Å². The molecule has 0 bridgehead atoms. The van der Waals surface area contributed by atoms with Crippen molar-refractivity contribution >= 4 is 18.0 Å². The van der Waals surface area contributed by atoms with Crippen LogP contribution in [0.2, 0.25) is 0 Å². The molecule has 0 heterocycles. The predicted octanol–water partition coefficient (Wildman–Crippen LogP) is 2.37. The lowest BCUT2D eigenvalue weighted by atomic mass is 10.2. The summed E-state index contributed by atoms with van der Waals surface area (Å²) in [6, 6.07) is 6.11. The van der Waals surface area contributed by atoms with E-state index in [0.717, 1.165) is 0 Å². The first-order valence-electron chi connectivity index (χ1n) is 8.88. The molecule has 1 unspecified atom stereocenters. The highest BCUT2D eigenvalue weighted by Crippen LogP contribution is 2.07. The van der Waals surface area contributed by atoms with Gasteiger partial charge in [-0.2, -0.15) is 8.78 Å². The number of alkyl carbamates (subject to hydrolysis) is 1. The molecule has 0 spiro atoms. The largest absolute Gasteiger partial charge is 0.459 e. The van der Waals surface area contributed by atoms with Crippen molar-refractivity contribution in [2.24, 2.45) is 0 Å². The van der Waals surface area contributed by atoms with Crippen LogP contribution in [-0.2, 0) is 30.4 Å². The summed E-state index contributed by atoms with van der Waals surface area (Å²) in [7, 11) is 0. The minimum absolute atomic E-state index is 0.105. The Morgan fingerprint density at radius 2 is 1.69 bits per heavy atom. The molecule has 2 atom stereocenters. The second-order valence-electron chi connectivity index (χ2n) is 7.12. The predicted molar refractivity (Wildman–Crippen MR) is 99.0 cm³/mol. The van der Waals surface area contributed by atoms with E-state index in [0.29, 0.717) is 5.56 Å². The Kier molecular flexibility index (Phi) is 9.46. The van der Waals surface area contributed by atoms with Crippen LogP contribution in [0.4, 0.5) is 13.6 Å². The SMILES string of the molecule is CC(NC(=O)OC(C)(C)C)C(=O)N[C@@H](COC(F)F)C(=O)OCc1ccccc1. The molecule has 1 rings (SSSR count). The average molecular weight is 416 g/mol. The fourth-order valence-corrected chi connectivity index (χ4v) is 2.01. The third-order valence-corrected chi connectivity index (χ3v) is 3.34. The molecule has 0 aliphatic heterocycles. The van der Waals surface area contributed by atoms with Gasteiger partial charge >= 0.3 is 18.7 Å². The van der Waals surface area contributed by atoms with Gasteiger partial charge in [0.1, 0.15) is 18.2 Å². The summed E-state index contributed by atoms with van der Waals surface area (Å²) in [5.41, 5.74) is -0.0875. The van der Waals surface area contributed by atoms with Gasteiger partial charge in [-0.3, -0.25) is 4.79 Å². The van der Waals surface area contributed by atoms with Gasteiger partial charge in [0.25, 0.3) is 0 Å². The highest BCUT2D eigenvalue weighted by molar-refractivity contribution is 5.89. The fourth-order valence-electron chi connectivity index (χ4n) is 2.01. The lowest BCUT2D eigenvalue weighted by Gasteiger charge is -2.23. The Morgan fingerprint density at radius 3 is 2.24 bits per heavy atom. The summed E-state index contributed by atoms with van der Waals surface area (Å²) < 4.78 is 39.0. The highest BCUT2D eigenvalue weighted by Gasteiger charge is 2.28. The van der Waals surface area contributed by atoms with Gasteiger partial charge in [0.05, 0.1) is 6.61 Å². The number of amides is 2. The van der Waals surface area contributed by atoms with Gasteiger partial charge in [0, 0.05) is 0 Å². The van der Waals surface area contributed by atoms with E-state index in [1.165, 1.54) is 6.92 Å². The molecule has 2 N–H and O–H groups in total. The number of carbonyl (C=O) groups is 3. The first-order chi connectivity index (χ1) is 13.5. The third kappa shape index (κ3) is 10.4. The van der Waals surface area contributed by atoms with Gasteiger partial charge in [-0.25, -0.2) is 9.59 Å². The molecule has 0 aliphatic rings. The van der Waals surface area contributed by atoms with Crippen molar-refractivity contribution in [1.29, 1.82) is 0 Å². The number of esters is 1. The molecule has 0 radical (unpaired) electrons. The molecule has 10 heteroatoms. The smallest absolute Gasteiger partial charge is 0.408 e. The molecular weight excluding hydrogens is 390 g/mol. The van der Waals surface area contributed by atoms with Crippen LogP contribution in [-0.4, -0.2) is 48.9 Å². The zero-order valence-corrected chi connectivity index (χ0v) is 16.7.